The van der Waals surface area contributed by atoms with E-state index in [4.69, 9.17) is 5.73 Å². The predicted octanol–water partition coefficient (Wildman–Crippen LogP) is 2.54. The van der Waals surface area contributed by atoms with Gasteiger partial charge in [0.25, 0.3) is 0 Å². The van der Waals surface area contributed by atoms with Crippen molar-refractivity contribution in [2.75, 3.05) is 12.8 Å². The van der Waals surface area contributed by atoms with Gasteiger partial charge in [0.1, 0.15) is 10.7 Å². The van der Waals surface area contributed by atoms with E-state index in [0.717, 1.165) is 23.3 Å². The van der Waals surface area contributed by atoms with E-state index in [-0.39, 0.29) is 17.1 Å². The fourth-order valence-electron chi connectivity index (χ4n) is 1.96. The molecule has 2 rings (SSSR count). The molecule has 0 aliphatic carbocycles. The first-order valence-electron chi connectivity index (χ1n) is 6.37. The lowest BCUT2D eigenvalue weighted by Crippen LogP contribution is -2.27. The summed E-state index contributed by atoms with van der Waals surface area (Å²) in [5.41, 5.74) is 7.49. The van der Waals surface area contributed by atoms with E-state index < -0.39 is 15.8 Å². The van der Waals surface area contributed by atoms with Crippen molar-refractivity contribution in [2.45, 2.75) is 18.4 Å². The second-order valence-corrected chi connectivity index (χ2v) is 6.94. The zero-order chi connectivity index (χ0) is 15.6. The van der Waals surface area contributed by atoms with Crippen LogP contribution in [0.3, 0.4) is 0 Å². The van der Waals surface area contributed by atoms with Gasteiger partial charge in [0.15, 0.2) is 0 Å². The number of benzene rings is 2. The number of nitrogens with two attached hydrogens (primary N) is 1. The van der Waals surface area contributed by atoms with Crippen LogP contribution >= 0.6 is 0 Å². The van der Waals surface area contributed by atoms with Crippen molar-refractivity contribution in [3.05, 3.63) is 59.4 Å². The molecule has 0 saturated carbocycles. The van der Waals surface area contributed by atoms with Gasteiger partial charge in [-0.25, -0.2) is 12.8 Å². The molecule has 112 valence electrons. The normalized spacial score (nSPS) is 11.8. The summed E-state index contributed by atoms with van der Waals surface area (Å²) in [4.78, 5) is -0.0847. The molecule has 21 heavy (non-hydrogen) atoms. The molecule has 0 spiro atoms. The molecule has 2 aromatic rings. The van der Waals surface area contributed by atoms with Crippen molar-refractivity contribution in [2.24, 2.45) is 0 Å². The number of nitrogens with zero attached hydrogens (tertiary/aromatic N) is 1. The van der Waals surface area contributed by atoms with Crippen LogP contribution in [0.1, 0.15) is 11.1 Å². The molecule has 0 saturated heterocycles. The molecule has 0 heterocycles. The SMILES string of the molecule is Cc1ccc(CN(C)S(=O)(=O)c2ccc(F)cc2N)cc1. The topological polar surface area (TPSA) is 63.4 Å². The first-order valence-corrected chi connectivity index (χ1v) is 7.81. The van der Waals surface area contributed by atoms with Gasteiger partial charge in [0.05, 0.1) is 5.69 Å². The fourth-order valence-corrected chi connectivity index (χ4v) is 3.21. The second-order valence-electron chi connectivity index (χ2n) is 4.93. The number of sulfonamides is 1. The molecule has 0 aliphatic heterocycles. The van der Waals surface area contributed by atoms with Crippen molar-refractivity contribution in [1.82, 2.24) is 4.31 Å². The smallest absolute Gasteiger partial charge is 0.245 e. The highest BCUT2D eigenvalue weighted by molar-refractivity contribution is 7.89. The average molecular weight is 308 g/mol. The summed E-state index contributed by atoms with van der Waals surface area (Å²) in [7, 11) is -2.28. The Morgan fingerprint density at radius 2 is 1.76 bits per heavy atom. The van der Waals surface area contributed by atoms with Gasteiger partial charge in [-0.2, -0.15) is 4.31 Å². The molecule has 0 aromatic heterocycles. The molecular formula is C15H17FN2O2S. The molecule has 0 unspecified atom stereocenters. The summed E-state index contributed by atoms with van der Waals surface area (Å²) in [6, 6.07) is 10.9. The van der Waals surface area contributed by atoms with Gasteiger partial charge in [-0.05, 0) is 30.7 Å². The van der Waals surface area contributed by atoms with E-state index in [1.165, 1.54) is 17.4 Å². The van der Waals surface area contributed by atoms with Crippen molar-refractivity contribution in [3.8, 4) is 0 Å². The molecule has 2 aromatic carbocycles. The van der Waals surface area contributed by atoms with Crippen molar-refractivity contribution < 1.29 is 12.8 Å². The molecule has 0 aliphatic rings. The van der Waals surface area contributed by atoms with Gasteiger partial charge in [-0.3, -0.25) is 0 Å². The summed E-state index contributed by atoms with van der Waals surface area (Å²) < 4.78 is 39.1. The van der Waals surface area contributed by atoms with Crippen LogP contribution in [-0.4, -0.2) is 19.8 Å². The predicted molar refractivity (Wildman–Crippen MR) is 80.6 cm³/mol. The van der Waals surface area contributed by atoms with Crippen LogP contribution in [0.4, 0.5) is 10.1 Å². The molecule has 2 N–H and O–H groups in total. The second kappa shape index (κ2) is 5.83. The van der Waals surface area contributed by atoms with E-state index in [1.807, 2.05) is 31.2 Å². The molecule has 0 atom stereocenters. The minimum atomic E-state index is -3.75. The van der Waals surface area contributed by atoms with Gasteiger partial charge >= 0.3 is 0 Å². The van der Waals surface area contributed by atoms with Crippen LogP contribution in [-0.2, 0) is 16.6 Å². The molecule has 0 bridgehead atoms. The van der Waals surface area contributed by atoms with E-state index in [9.17, 15) is 12.8 Å². The molecule has 6 heteroatoms. The Morgan fingerprint density at radius 1 is 1.14 bits per heavy atom. The minimum Gasteiger partial charge on any atom is -0.398 e. The summed E-state index contributed by atoms with van der Waals surface area (Å²) >= 11 is 0. The van der Waals surface area contributed by atoms with Crippen LogP contribution in [0.2, 0.25) is 0 Å². The first kappa shape index (κ1) is 15.5. The minimum absolute atomic E-state index is 0.0847. The van der Waals surface area contributed by atoms with Gasteiger partial charge in [-0.1, -0.05) is 29.8 Å². The van der Waals surface area contributed by atoms with Crippen LogP contribution < -0.4 is 5.73 Å². The van der Waals surface area contributed by atoms with E-state index >= 15 is 0 Å². The number of halogens is 1. The highest BCUT2D eigenvalue weighted by atomic mass is 32.2. The van der Waals surface area contributed by atoms with Gasteiger partial charge in [0.2, 0.25) is 10.0 Å². The summed E-state index contributed by atoms with van der Waals surface area (Å²) in [6.07, 6.45) is 0. The van der Waals surface area contributed by atoms with E-state index in [2.05, 4.69) is 0 Å². The molecular weight excluding hydrogens is 291 g/mol. The number of rotatable bonds is 4. The van der Waals surface area contributed by atoms with Crippen LogP contribution in [0.15, 0.2) is 47.4 Å². The molecule has 4 nitrogen and oxygen atoms in total. The van der Waals surface area contributed by atoms with Crippen LogP contribution in [0.5, 0.6) is 0 Å². The average Bonchev–Trinajstić information content (AvgIpc) is 2.40. The number of anilines is 1. The lowest BCUT2D eigenvalue weighted by atomic mass is 10.1. The Balaban J connectivity index is 2.28. The Bertz CT molecular complexity index is 743. The Hall–Kier alpha value is -1.92. The van der Waals surface area contributed by atoms with Crippen molar-refractivity contribution in [1.29, 1.82) is 0 Å². The monoisotopic (exact) mass is 308 g/mol. The maximum absolute atomic E-state index is 13.0. The zero-order valence-corrected chi connectivity index (χ0v) is 12.7. The third-order valence-electron chi connectivity index (χ3n) is 3.19. The third kappa shape index (κ3) is 3.40. The first-order chi connectivity index (χ1) is 9.80. The van der Waals surface area contributed by atoms with Crippen LogP contribution in [0, 0.1) is 12.7 Å². The standard InChI is InChI=1S/C15H17FN2O2S/c1-11-3-5-12(6-4-11)10-18(2)21(19,20)15-8-7-13(16)9-14(15)17/h3-9H,10,17H2,1-2H3. The Labute approximate surface area is 124 Å². The van der Waals surface area contributed by atoms with Crippen LogP contribution in [0.25, 0.3) is 0 Å². The maximum Gasteiger partial charge on any atom is 0.245 e. The quantitative estimate of drug-likeness (QED) is 0.883. The lowest BCUT2D eigenvalue weighted by molar-refractivity contribution is 0.467. The summed E-state index contributed by atoms with van der Waals surface area (Å²) in [5.74, 6) is -0.562. The largest absolute Gasteiger partial charge is 0.398 e. The number of nitrogen functional groups attached to an aromatic ring is 1. The molecule has 0 amide bonds. The summed E-state index contributed by atoms with van der Waals surface area (Å²) in [5, 5.41) is 0. The Morgan fingerprint density at radius 3 is 2.33 bits per heavy atom. The zero-order valence-electron chi connectivity index (χ0n) is 11.9. The maximum atomic E-state index is 13.0. The Kier molecular flexibility index (Phi) is 4.29. The number of hydrogen-bond donors (Lipinski definition) is 1. The van der Waals surface area contributed by atoms with E-state index in [0.29, 0.717) is 0 Å². The number of aryl methyl sites for hydroxylation is 1. The van der Waals surface area contributed by atoms with Gasteiger partial charge in [0, 0.05) is 13.6 Å². The van der Waals surface area contributed by atoms with Gasteiger partial charge < -0.3 is 5.73 Å². The summed E-state index contributed by atoms with van der Waals surface area (Å²) in [6.45, 7) is 2.18. The number of hydrogen-bond acceptors (Lipinski definition) is 3. The fraction of sp³-hybridized carbons (Fsp3) is 0.200. The van der Waals surface area contributed by atoms with Crippen molar-refractivity contribution in [3.63, 3.8) is 0 Å². The lowest BCUT2D eigenvalue weighted by Gasteiger charge is -2.18. The highest BCUT2D eigenvalue weighted by Crippen LogP contribution is 2.23. The van der Waals surface area contributed by atoms with Crippen molar-refractivity contribution >= 4 is 15.7 Å². The molecule has 0 radical (unpaired) electrons. The van der Waals surface area contributed by atoms with E-state index in [1.54, 1.807) is 0 Å². The third-order valence-corrected chi connectivity index (χ3v) is 5.06. The highest BCUT2D eigenvalue weighted by Gasteiger charge is 2.23. The molecule has 0 fully saturated rings. The van der Waals surface area contributed by atoms with Gasteiger partial charge in [-0.15, -0.1) is 0 Å².